The maximum absolute atomic E-state index is 13.0. The zero-order valence-electron chi connectivity index (χ0n) is 14.9. The van der Waals surface area contributed by atoms with Gasteiger partial charge in [-0.1, -0.05) is 30.3 Å². The zero-order valence-corrected chi connectivity index (χ0v) is 14.9. The molecule has 1 aliphatic rings. The van der Waals surface area contributed by atoms with Gasteiger partial charge in [-0.05, 0) is 54.3 Å². The summed E-state index contributed by atoms with van der Waals surface area (Å²) >= 11 is 0. The highest BCUT2D eigenvalue weighted by Crippen LogP contribution is 2.33. The Morgan fingerprint density at radius 1 is 1.11 bits per heavy atom. The molecule has 4 nitrogen and oxygen atoms in total. The molecule has 0 fully saturated rings. The Balaban J connectivity index is 1.51. The molecule has 0 saturated carbocycles. The lowest BCUT2D eigenvalue weighted by Crippen LogP contribution is -2.26. The highest BCUT2D eigenvalue weighted by molar-refractivity contribution is 5.93. The van der Waals surface area contributed by atoms with Crippen molar-refractivity contribution in [2.24, 2.45) is 0 Å². The van der Waals surface area contributed by atoms with E-state index in [0.29, 0.717) is 12.2 Å². The first-order chi connectivity index (χ1) is 13.2. The average molecular weight is 361 g/mol. The lowest BCUT2D eigenvalue weighted by Gasteiger charge is -2.31. The van der Waals surface area contributed by atoms with E-state index in [1.165, 1.54) is 23.4 Å². The van der Waals surface area contributed by atoms with Crippen molar-refractivity contribution < 1.29 is 9.18 Å². The molecule has 5 heteroatoms. The first kappa shape index (κ1) is 17.2. The fourth-order valence-electron chi connectivity index (χ4n) is 3.39. The molecule has 1 aliphatic heterocycles. The quantitative estimate of drug-likeness (QED) is 0.756. The lowest BCUT2D eigenvalue weighted by molar-refractivity contribution is 0.0946. The highest BCUT2D eigenvalue weighted by atomic mass is 19.1. The van der Waals surface area contributed by atoms with Crippen molar-refractivity contribution in [3.63, 3.8) is 0 Å². The van der Waals surface area contributed by atoms with Gasteiger partial charge in [0.25, 0.3) is 5.91 Å². The van der Waals surface area contributed by atoms with E-state index in [9.17, 15) is 9.18 Å². The largest absolute Gasteiger partial charge is 0.347 e. The van der Waals surface area contributed by atoms with Gasteiger partial charge in [0, 0.05) is 30.7 Å². The molecule has 1 N–H and O–H groups in total. The average Bonchev–Trinajstić information content (AvgIpc) is 2.73. The van der Waals surface area contributed by atoms with Gasteiger partial charge in [-0.2, -0.15) is 0 Å². The van der Waals surface area contributed by atoms with Gasteiger partial charge in [0.15, 0.2) is 0 Å². The molecule has 27 heavy (non-hydrogen) atoms. The summed E-state index contributed by atoms with van der Waals surface area (Å²) in [4.78, 5) is 19.0. The number of fused-ring (bicyclic) bond motifs is 1. The normalized spacial score (nSPS) is 13.1. The molecule has 1 amide bonds. The maximum atomic E-state index is 13.0. The number of benzene rings is 2. The number of hydrogen-bond donors (Lipinski definition) is 1. The van der Waals surface area contributed by atoms with Crippen LogP contribution < -0.4 is 10.2 Å². The van der Waals surface area contributed by atoms with Gasteiger partial charge in [0.05, 0.1) is 0 Å². The van der Waals surface area contributed by atoms with Crippen LogP contribution in [0, 0.1) is 5.82 Å². The molecular weight excluding hydrogens is 341 g/mol. The highest BCUT2D eigenvalue weighted by Gasteiger charge is 2.19. The predicted octanol–water partition coefficient (Wildman–Crippen LogP) is 4.24. The monoisotopic (exact) mass is 361 g/mol. The van der Waals surface area contributed by atoms with Crippen LogP contribution in [0.1, 0.15) is 28.0 Å². The molecule has 0 unspecified atom stereocenters. The molecule has 0 bridgehead atoms. The molecule has 0 saturated heterocycles. The second-order valence-electron chi connectivity index (χ2n) is 6.59. The van der Waals surface area contributed by atoms with Crippen LogP contribution in [0.5, 0.6) is 0 Å². The third-order valence-electron chi connectivity index (χ3n) is 4.76. The van der Waals surface area contributed by atoms with Gasteiger partial charge in [0.2, 0.25) is 0 Å². The third-order valence-corrected chi connectivity index (χ3v) is 4.76. The van der Waals surface area contributed by atoms with Gasteiger partial charge >= 0.3 is 0 Å². The first-order valence-corrected chi connectivity index (χ1v) is 9.05. The Labute approximate surface area is 157 Å². The molecule has 4 rings (SSSR count). The van der Waals surface area contributed by atoms with Crippen LogP contribution in [-0.2, 0) is 13.0 Å². The summed E-state index contributed by atoms with van der Waals surface area (Å²) in [6, 6.07) is 18.2. The van der Waals surface area contributed by atoms with Crippen LogP contribution in [0.25, 0.3) is 0 Å². The number of hydrogen-bond acceptors (Lipinski definition) is 3. The van der Waals surface area contributed by atoms with Crippen molar-refractivity contribution in [1.29, 1.82) is 0 Å². The van der Waals surface area contributed by atoms with Gasteiger partial charge in [-0.25, -0.2) is 4.39 Å². The molecule has 1 aromatic heterocycles. The summed E-state index contributed by atoms with van der Waals surface area (Å²) < 4.78 is 13.0. The number of aromatic nitrogens is 1. The topological polar surface area (TPSA) is 45.2 Å². The standard InChI is InChI=1S/C22H20FN3O/c23-18-9-7-16(8-10-18)15-25-22(27)20-14-19(11-12-24-20)26-13-3-5-17-4-1-2-6-21(17)26/h1-2,4,6-12,14H,3,5,13,15H2,(H,25,27). The summed E-state index contributed by atoms with van der Waals surface area (Å²) in [5, 5.41) is 2.84. The SMILES string of the molecule is O=C(NCc1ccc(F)cc1)c1cc(N2CCCc3ccccc32)ccn1. The van der Waals surface area contributed by atoms with Gasteiger partial charge < -0.3 is 10.2 Å². The molecule has 0 radical (unpaired) electrons. The number of para-hydroxylation sites is 1. The second kappa shape index (κ2) is 7.58. The van der Waals surface area contributed by atoms with Crippen molar-refractivity contribution in [1.82, 2.24) is 10.3 Å². The summed E-state index contributed by atoms with van der Waals surface area (Å²) in [6.07, 6.45) is 3.81. The smallest absolute Gasteiger partial charge is 0.270 e. The van der Waals surface area contributed by atoms with Crippen molar-refractivity contribution in [2.75, 3.05) is 11.4 Å². The predicted molar refractivity (Wildman–Crippen MR) is 104 cm³/mol. The molecule has 2 heterocycles. The third kappa shape index (κ3) is 3.82. The molecule has 136 valence electrons. The summed E-state index contributed by atoms with van der Waals surface area (Å²) in [5.74, 6) is -0.535. The number of pyridine rings is 1. The van der Waals surface area contributed by atoms with E-state index in [2.05, 4.69) is 33.4 Å². The Hall–Kier alpha value is -3.21. The summed E-state index contributed by atoms with van der Waals surface area (Å²) in [7, 11) is 0. The zero-order chi connectivity index (χ0) is 18.6. The number of carbonyl (C=O) groups excluding carboxylic acids is 1. The number of nitrogens with zero attached hydrogens (tertiary/aromatic N) is 2. The minimum atomic E-state index is -0.291. The Kier molecular flexibility index (Phi) is 4.83. The van der Waals surface area contributed by atoms with Gasteiger partial charge in [0.1, 0.15) is 11.5 Å². The summed E-state index contributed by atoms with van der Waals surface area (Å²) in [5.41, 5.74) is 4.68. The van der Waals surface area contributed by atoms with Crippen LogP contribution in [0.3, 0.4) is 0 Å². The minimum Gasteiger partial charge on any atom is -0.347 e. The van der Waals surface area contributed by atoms with Gasteiger partial charge in [-0.15, -0.1) is 0 Å². The Morgan fingerprint density at radius 2 is 1.93 bits per heavy atom. The number of rotatable bonds is 4. The number of nitrogens with one attached hydrogen (secondary N) is 1. The molecule has 0 spiro atoms. The van der Waals surface area contributed by atoms with Crippen LogP contribution >= 0.6 is 0 Å². The molecular formula is C22H20FN3O. The number of carbonyl (C=O) groups is 1. The van der Waals surface area contributed by atoms with Crippen molar-refractivity contribution in [2.45, 2.75) is 19.4 Å². The number of halogens is 1. The van der Waals surface area contributed by atoms with Crippen molar-refractivity contribution in [3.05, 3.63) is 89.5 Å². The van der Waals surface area contributed by atoms with Crippen LogP contribution in [0.15, 0.2) is 66.9 Å². The lowest BCUT2D eigenvalue weighted by atomic mass is 10.0. The van der Waals surface area contributed by atoms with E-state index in [1.807, 2.05) is 18.2 Å². The fraction of sp³-hybridized carbons (Fsp3) is 0.182. The molecule has 3 aromatic rings. The van der Waals surface area contributed by atoms with E-state index in [4.69, 9.17) is 0 Å². The van der Waals surface area contributed by atoms with Crippen LogP contribution in [0.2, 0.25) is 0 Å². The fourth-order valence-corrected chi connectivity index (χ4v) is 3.39. The number of anilines is 2. The van der Waals surface area contributed by atoms with Gasteiger partial charge in [-0.3, -0.25) is 9.78 Å². The minimum absolute atomic E-state index is 0.244. The van der Waals surface area contributed by atoms with Crippen LogP contribution in [0.4, 0.5) is 15.8 Å². The first-order valence-electron chi connectivity index (χ1n) is 9.05. The van der Waals surface area contributed by atoms with E-state index in [1.54, 1.807) is 18.3 Å². The van der Waals surface area contributed by atoms with Crippen molar-refractivity contribution >= 4 is 17.3 Å². The Morgan fingerprint density at radius 3 is 2.78 bits per heavy atom. The van der Waals surface area contributed by atoms with E-state index in [-0.39, 0.29) is 11.7 Å². The summed E-state index contributed by atoms with van der Waals surface area (Å²) in [6.45, 7) is 1.25. The molecule has 0 aliphatic carbocycles. The second-order valence-corrected chi connectivity index (χ2v) is 6.59. The molecule has 0 atom stereocenters. The molecule has 2 aromatic carbocycles. The van der Waals surface area contributed by atoms with E-state index >= 15 is 0 Å². The maximum Gasteiger partial charge on any atom is 0.270 e. The number of aryl methyl sites for hydroxylation is 1. The van der Waals surface area contributed by atoms with Crippen LogP contribution in [-0.4, -0.2) is 17.4 Å². The van der Waals surface area contributed by atoms with E-state index < -0.39 is 0 Å². The Bertz CT molecular complexity index is 956. The van der Waals surface area contributed by atoms with Crippen molar-refractivity contribution in [3.8, 4) is 0 Å². The number of amides is 1. The van der Waals surface area contributed by atoms with E-state index in [0.717, 1.165) is 30.6 Å².